The third kappa shape index (κ3) is 2.14. The van der Waals surface area contributed by atoms with Crippen molar-refractivity contribution in [3.05, 3.63) is 60.3 Å². The molecule has 4 heteroatoms. The van der Waals surface area contributed by atoms with Gasteiger partial charge in [-0.3, -0.25) is 9.97 Å². The van der Waals surface area contributed by atoms with E-state index >= 15 is 0 Å². The van der Waals surface area contributed by atoms with Crippen LogP contribution < -0.4 is 5.73 Å². The topological polar surface area (TPSA) is 51.8 Å². The first-order valence-corrected chi connectivity index (χ1v) is 6.41. The molecular formula is C16H14FN3. The molecule has 0 radical (unpaired) electrons. The molecule has 1 aromatic carbocycles. The smallest absolute Gasteiger partial charge is 0.142 e. The van der Waals surface area contributed by atoms with Crippen molar-refractivity contribution in [3.63, 3.8) is 0 Å². The van der Waals surface area contributed by atoms with Crippen molar-refractivity contribution in [2.75, 3.05) is 0 Å². The number of pyridine rings is 2. The second kappa shape index (κ2) is 4.98. The molecule has 2 heterocycles. The van der Waals surface area contributed by atoms with E-state index in [9.17, 15) is 4.39 Å². The predicted molar refractivity (Wildman–Crippen MR) is 77.5 cm³/mol. The Hall–Kier alpha value is -2.33. The molecule has 0 aliphatic carbocycles. The lowest BCUT2D eigenvalue weighted by Gasteiger charge is -2.15. The van der Waals surface area contributed by atoms with Gasteiger partial charge in [0.05, 0.1) is 11.7 Å². The number of nitrogens with zero attached hydrogens (tertiary/aromatic N) is 2. The molecule has 0 saturated heterocycles. The maximum atomic E-state index is 13.5. The van der Waals surface area contributed by atoms with Crippen molar-refractivity contribution in [1.29, 1.82) is 0 Å². The molecule has 0 bridgehead atoms. The van der Waals surface area contributed by atoms with E-state index in [1.807, 2.05) is 31.2 Å². The molecule has 2 N–H and O–H groups in total. The van der Waals surface area contributed by atoms with Gasteiger partial charge in [0, 0.05) is 34.9 Å². The maximum Gasteiger partial charge on any atom is 0.142 e. The molecule has 1 unspecified atom stereocenters. The molecule has 2 aromatic heterocycles. The van der Waals surface area contributed by atoms with Gasteiger partial charge in [-0.25, -0.2) is 4.39 Å². The normalized spacial score (nSPS) is 12.6. The lowest BCUT2D eigenvalue weighted by molar-refractivity contribution is 0.622. The van der Waals surface area contributed by atoms with E-state index in [4.69, 9.17) is 5.73 Å². The Kier molecular flexibility index (Phi) is 3.16. The lowest BCUT2D eigenvalue weighted by Crippen LogP contribution is -2.07. The fraction of sp³-hybridized carbons (Fsp3) is 0.125. The first-order chi connectivity index (χ1) is 9.66. The highest BCUT2D eigenvalue weighted by molar-refractivity contribution is 5.95. The monoisotopic (exact) mass is 267 g/mol. The minimum absolute atomic E-state index is 0.167. The van der Waals surface area contributed by atoms with E-state index in [-0.39, 0.29) is 11.9 Å². The standard InChI is InChI=1S/C16H14FN3/c1-10(18)14-5-4-11-3-2-6-20-16(11)15(14)12-7-13(17)9-19-8-12/h2-10H,18H2,1H3. The zero-order valence-corrected chi connectivity index (χ0v) is 11.0. The highest BCUT2D eigenvalue weighted by Crippen LogP contribution is 2.33. The number of hydrogen-bond donors (Lipinski definition) is 1. The van der Waals surface area contributed by atoms with Crippen LogP contribution in [0.25, 0.3) is 22.0 Å². The number of halogens is 1. The molecule has 0 fully saturated rings. The summed E-state index contributed by atoms with van der Waals surface area (Å²) in [4.78, 5) is 8.35. The van der Waals surface area contributed by atoms with Crippen LogP contribution in [0.5, 0.6) is 0 Å². The van der Waals surface area contributed by atoms with Crippen LogP contribution in [0.3, 0.4) is 0 Å². The van der Waals surface area contributed by atoms with Crippen molar-refractivity contribution in [1.82, 2.24) is 9.97 Å². The van der Waals surface area contributed by atoms with E-state index < -0.39 is 0 Å². The molecule has 3 nitrogen and oxygen atoms in total. The Balaban J connectivity index is 2.38. The van der Waals surface area contributed by atoms with Crippen molar-refractivity contribution in [3.8, 4) is 11.1 Å². The van der Waals surface area contributed by atoms with Gasteiger partial charge in [-0.1, -0.05) is 18.2 Å². The third-order valence-corrected chi connectivity index (χ3v) is 3.29. The molecule has 0 spiro atoms. The number of nitrogens with two attached hydrogens (primary N) is 1. The number of hydrogen-bond acceptors (Lipinski definition) is 3. The van der Waals surface area contributed by atoms with Gasteiger partial charge in [-0.05, 0) is 24.6 Å². The quantitative estimate of drug-likeness (QED) is 0.773. The van der Waals surface area contributed by atoms with Crippen LogP contribution in [0.15, 0.2) is 48.9 Å². The molecule has 0 aliphatic heterocycles. The number of fused-ring (bicyclic) bond motifs is 1. The molecule has 0 aliphatic rings. The summed E-state index contributed by atoms with van der Waals surface area (Å²) in [6, 6.07) is 9.10. The van der Waals surface area contributed by atoms with Crippen LogP contribution in [0, 0.1) is 5.82 Å². The van der Waals surface area contributed by atoms with Gasteiger partial charge in [0.1, 0.15) is 5.82 Å². The van der Waals surface area contributed by atoms with E-state index in [1.165, 1.54) is 12.3 Å². The molecule has 0 amide bonds. The Labute approximate surface area is 116 Å². The summed E-state index contributed by atoms with van der Waals surface area (Å²) < 4.78 is 13.5. The first kappa shape index (κ1) is 12.7. The van der Waals surface area contributed by atoms with Gasteiger partial charge in [0.2, 0.25) is 0 Å². The first-order valence-electron chi connectivity index (χ1n) is 6.41. The number of rotatable bonds is 2. The van der Waals surface area contributed by atoms with Gasteiger partial charge in [0.15, 0.2) is 0 Å². The van der Waals surface area contributed by atoms with Crippen LogP contribution in [-0.4, -0.2) is 9.97 Å². The Morgan fingerprint density at radius 2 is 2.05 bits per heavy atom. The Morgan fingerprint density at radius 1 is 1.20 bits per heavy atom. The molecule has 100 valence electrons. The van der Waals surface area contributed by atoms with Crippen LogP contribution in [-0.2, 0) is 0 Å². The van der Waals surface area contributed by atoms with E-state index in [1.54, 1.807) is 12.4 Å². The minimum Gasteiger partial charge on any atom is -0.324 e. The van der Waals surface area contributed by atoms with Crippen molar-refractivity contribution in [2.45, 2.75) is 13.0 Å². The number of aromatic nitrogens is 2. The van der Waals surface area contributed by atoms with Gasteiger partial charge < -0.3 is 5.73 Å². The van der Waals surface area contributed by atoms with Gasteiger partial charge in [0.25, 0.3) is 0 Å². The summed E-state index contributed by atoms with van der Waals surface area (Å²) in [5.41, 5.74) is 9.34. The average molecular weight is 267 g/mol. The molecular weight excluding hydrogens is 253 g/mol. The van der Waals surface area contributed by atoms with Crippen molar-refractivity contribution < 1.29 is 4.39 Å². The molecule has 3 rings (SSSR count). The highest BCUT2D eigenvalue weighted by atomic mass is 19.1. The predicted octanol–water partition coefficient (Wildman–Crippen LogP) is 3.46. The van der Waals surface area contributed by atoms with E-state index in [0.29, 0.717) is 5.56 Å². The van der Waals surface area contributed by atoms with E-state index in [0.717, 1.165) is 22.0 Å². The summed E-state index contributed by atoms with van der Waals surface area (Å²) in [5.74, 6) is -0.369. The largest absolute Gasteiger partial charge is 0.324 e. The fourth-order valence-corrected chi connectivity index (χ4v) is 2.39. The van der Waals surface area contributed by atoms with Crippen molar-refractivity contribution in [2.24, 2.45) is 5.73 Å². The average Bonchev–Trinajstić information content (AvgIpc) is 2.46. The fourth-order valence-electron chi connectivity index (χ4n) is 2.39. The number of benzene rings is 1. The highest BCUT2D eigenvalue weighted by Gasteiger charge is 2.14. The Bertz CT molecular complexity index is 769. The lowest BCUT2D eigenvalue weighted by atomic mass is 9.94. The van der Waals surface area contributed by atoms with E-state index in [2.05, 4.69) is 9.97 Å². The summed E-state index contributed by atoms with van der Waals surface area (Å²) in [6.07, 6.45) is 4.55. The van der Waals surface area contributed by atoms with Gasteiger partial charge in [-0.2, -0.15) is 0 Å². The van der Waals surface area contributed by atoms with Crippen LogP contribution in [0.4, 0.5) is 4.39 Å². The maximum absolute atomic E-state index is 13.5. The summed E-state index contributed by atoms with van der Waals surface area (Å²) in [6.45, 7) is 1.90. The van der Waals surface area contributed by atoms with Crippen LogP contribution >= 0.6 is 0 Å². The zero-order chi connectivity index (χ0) is 14.1. The van der Waals surface area contributed by atoms with Crippen molar-refractivity contribution >= 4 is 10.9 Å². The summed E-state index contributed by atoms with van der Waals surface area (Å²) in [5, 5.41) is 0.996. The second-order valence-corrected chi connectivity index (χ2v) is 4.79. The Morgan fingerprint density at radius 3 is 2.80 bits per heavy atom. The zero-order valence-electron chi connectivity index (χ0n) is 11.0. The van der Waals surface area contributed by atoms with Gasteiger partial charge in [-0.15, -0.1) is 0 Å². The SMILES string of the molecule is CC(N)c1ccc2cccnc2c1-c1cncc(F)c1. The second-order valence-electron chi connectivity index (χ2n) is 4.79. The van der Waals surface area contributed by atoms with Crippen LogP contribution in [0.1, 0.15) is 18.5 Å². The van der Waals surface area contributed by atoms with Crippen LogP contribution in [0.2, 0.25) is 0 Å². The summed E-state index contributed by atoms with van der Waals surface area (Å²) >= 11 is 0. The minimum atomic E-state index is -0.369. The molecule has 1 atom stereocenters. The molecule has 20 heavy (non-hydrogen) atoms. The summed E-state index contributed by atoms with van der Waals surface area (Å²) in [7, 11) is 0. The van der Waals surface area contributed by atoms with Gasteiger partial charge >= 0.3 is 0 Å². The molecule has 0 saturated carbocycles. The third-order valence-electron chi connectivity index (χ3n) is 3.29. The molecule has 3 aromatic rings.